The number of halogens is 12. The van der Waals surface area contributed by atoms with Crippen LogP contribution >= 0.6 is 0 Å². The van der Waals surface area contributed by atoms with Crippen molar-refractivity contribution in [1.29, 1.82) is 0 Å². The molecular formula is C57H94F12O6Si2. The molecule has 10 atom stereocenters. The largest absolute Gasteiger partial charge is 0.438 e. The molecule has 0 spiro atoms. The molecule has 4 saturated carbocycles. The quantitative estimate of drug-likeness (QED) is 0.0698. The van der Waals surface area contributed by atoms with Crippen molar-refractivity contribution in [3.63, 3.8) is 0 Å². The highest BCUT2D eigenvalue weighted by Crippen LogP contribution is 2.65. The van der Waals surface area contributed by atoms with Crippen molar-refractivity contribution in [2.24, 2.45) is 45.3 Å². The van der Waals surface area contributed by atoms with Crippen molar-refractivity contribution in [1.82, 2.24) is 0 Å². The lowest BCUT2D eigenvalue weighted by Crippen LogP contribution is -2.55. The van der Waals surface area contributed by atoms with Gasteiger partial charge in [-0.2, -0.15) is 52.7 Å². The fourth-order valence-corrected chi connectivity index (χ4v) is 16.0. The van der Waals surface area contributed by atoms with Crippen LogP contribution in [0.2, 0.25) is 37.8 Å². The second-order valence-corrected chi connectivity index (χ2v) is 35.7. The Morgan fingerprint density at radius 2 is 0.961 bits per heavy atom. The normalized spacial score (nSPS) is 31.8. The molecule has 0 bridgehead atoms. The molecule has 0 aromatic rings. The number of alkyl halides is 12. The van der Waals surface area contributed by atoms with Crippen LogP contribution in [-0.4, -0.2) is 96.4 Å². The maximum Gasteiger partial charge on any atom is 0.438 e. The van der Waals surface area contributed by atoms with Gasteiger partial charge in [-0.05, 0) is 199 Å². The average Bonchev–Trinajstić information content (AvgIpc) is 1.73. The molecule has 0 heterocycles. The smallest absolute Gasteiger partial charge is 0.414 e. The SMILES string of the molecule is [2H]C([2H])([2H])C(CCC[C@](C)(CC#CC(O)(C(F)(F)F)C(F)(F)F)[C@H]1CCC2[C@@H](O[Si](C)(C)C(C)(C)C)CCC[C@@]21C)(O[Si](C)(C)C)C([2H])([2H])[2H].[2H]C([2H])([2H])C(O)(CCC[C@](C)(CC#CC(O)(C(F)(F)F)C(F)(F)F)[C@H]1CCC2[C@@H](O)CCC[C@@]21C)C([2H])([2H])[2H]. The van der Waals surface area contributed by atoms with Crippen molar-refractivity contribution < 1.29 is 98.4 Å². The van der Waals surface area contributed by atoms with Gasteiger partial charge in [0, 0.05) is 35.4 Å². The third-order valence-corrected chi connectivity index (χ3v) is 23.8. The molecule has 77 heavy (non-hydrogen) atoms. The number of hydrogen-bond donors (Lipinski definition) is 4. The predicted octanol–water partition coefficient (Wildman–Crippen LogP) is 16.4. The van der Waals surface area contributed by atoms with Gasteiger partial charge in [0.25, 0.3) is 0 Å². The van der Waals surface area contributed by atoms with Crippen LogP contribution in [0, 0.1) is 69.0 Å². The Morgan fingerprint density at radius 1 is 0.558 bits per heavy atom. The van der Waals surface area contributed by atoms with Crippen molar-refractivity contribution >= 4 is 16.6 Å². The second kappa shape index (κ2) is 23.6. The van der Waals surface area contributed by atoms with Crippen LogP contribution in [0.5, 0.6) is 0 Å². The van der Waals surface area contributed by atoms with E-state index in [1.54, 1.807) is 33.5 Å². The Balaban J connectivity index is 0.000000479. The first-order valence-electron chi connectivity index (χ1n) is 32.7. The van der Waals surface area contributed by atoms with Crippen LogP contribution in [0.3, 0.4) is 0 Å². The lowest BCUT2D eigenvalue weighted by molar-refractivity contribution is -0.344. The molecule has 0 aliphatic heterocycles. The number of aliphatic hydroxyl groups is 4. The Labute approximate surface area is 471 Å². The molecule has 0 radical (unpaired) electrons. The Hall–Kier alpha value is -1.53. The summed E-state index contributed by atoms with van der Waals surface area (Å²) in [6, 6.07) is 0. The molecule has 0 amide bonds. The first-order chi connectivity index (χ1) is 39.2. The Bertz CT molecular complexity index is 2470. The fourth-order valence-electron chi connectivity index (χ4n) is 13.4. The minimum Gasteiger partial charge on any atom is -0.414 e. The molecule has 4 fully saturated rings. The van der Waals surface area contributed by atoms with E-state index in [0.717, 1.165) is 31.1 Å². The van der Waals surface area contributed by atoms with E-state index in [0.29, 0.717) is 44.9 Å². The maximum atomic E-state index is 13.6. The minimum atomic E-state index is -6.12. The zero-order chi connectivity index (χ0) is 69.9. The molecule has 4 aliphatic carbocycles. The summed E-state index contributed by atoms with van der Waals surface area (Å²) in [7, 11) is -4.99. The average molecular weight is 1170 g/mol. The highest BCUT2D eigenvalue weighted by Gasteiger charge is 2.71. The minimum absolute atomic E-state index is 0.0522. The Kier molecular flexibility index (Phi) is 16.0. The summed E-state index contributed by atoms with van der Waals surface area (Å²) in [5.74, 6) is 5.30. The van der Waals surface area contributed by atoms with Crippen molar-refractivity contribution in [3.05, 3.63) is 0 Å². The van der Waals surface area contributed by atoms with Crippen LogP contribution in [-0.2, 0) is 8.85 Å². The van der Waals surface area contributed by atoms with Crippen LogP contribution in [0.15, 0.2) is 0 Å². The van der Waals surface area contributed by atoms with Crippen LogP contribution < -0.4 is 0 Å². The summed E-state index contributed by atoms with van der Waals surface area (Å²) in [6.07, 6.45) is -21.2. The highest BCUT2D eigenvalue weighted by molar-refractivity contribution is 6.74. The van der Waals surface area contributed by atoms with E-state index in [2.05, 4.69) is 46.7 Å². The first-order valence-corrected chi connectivity index (χ1v) is 33.0. The molecule has 6 nitrogen and oxygen atoms in total. The van der Waals surface area contributed by atoms with Gasteiger partial charge in [0.1, 0.15) is 0 Å². The zero-order valence-corrected chi connectivity index (χ0v) is 48.8. The van der Waals surface area contributed by atoms with Gasteiger partial charge in [-0.1, -0.05) is 86.0 Å². The fraction of sp³-hybridized carbons (Fsp3) is 0.930. The maximum absolute atomic E-state index is 13.6. The molecule has 4 aliphatic rings. The van der Waals surface area contributed by atoms with Gasteiger partial charge in [-0.25, -0.2) is 0 Å². The second-order valence-electron chi connectivity index (χ2n) is 26.5. The Morgan fingerprint density at radius 3 is 1.35 bits per heavy atom. The lowest BCUT2D eigenvalue weighted by Gasteiger charge is -2.52. The van der Waals surface area contributed by atoms with Gasteiger partial charge < -0.3 is 29.3 Å². The summed E-state index contributed by atoms with van der Waals surface area (Å²) >= 11 is 0. The number of hydrogen-bond acceptors (Lipinski definition) is 6. The van der Waals surface area contributed by atoms with Crippen molar-refractivity contribution in [3.8, 4) is 23.7 Å². The van der Waals surface area contributed by atoms with Gasteiger partial charge in [-0.15, -0.1) is 0 Å². The molecule has 20 heteroatoms. The van der Waals surface area contributed by atoms with Crippen molar-refractivity contribution in [2.75, 3.05) is 0 Å². The molecule has 450 valence electrons. The highest BCUT2D eigenvalue weighted by atomic mass is 28.4. The molecule has 0 aromatic heterocycles. The summed E-state index contributed by atoms with van der Waals surface area (Å²) in [6.45, 7) is 10.4. The summed E-state index contributed by atoms with van der Waals surface area (Å²) < 4.78 is 268. The van der Waals surface area contributed by atoms with Gasteiger partial charge in [0.2, 0.25) is 0 Å². The molecule has 4 rings (SSSR count). The van der Waals surface area contributed by atoms with Gasteiger partial charge in [-0.3, -0.25) is 0 Å². The third-order valence-electron chi connectivity index (χ3n) is 18.3. The van der Waals surface area contributed by atoms with Gasteiger partial charge in [0.05, 0.1) is 17.3 Å². The van der Waals surface area contributed by atoms with E-state index in [9.17, 15) is 73.1 Å². The van der Waals surface area contributed by atoms with Crippen LogP contribution in [0.25, 0.3) is 0 Å². The van der Waals surface area contributed by atoms with E-state index in [4.69, 9.17) is 25.3 Å². The molecule has 0 aromatic carbocycles. The van der Waals surface area contributed by atoms with Gasteiger partial charge >= 0.3 is 35.9 Å². The number of fused-ring (bicyclic) bond motifs is 2. The first kappa shape index (κ1) is 52.3. The predicted molar refractivity (Wildman–Crippen MR) is 282 cm³/mol. The van der Waals surface area contributed by atoms with Crippen LogP contribution in [0.4, 0.5) is 52.7 Å². The van der Waals surface area contributed by atoms with E-state index < -0.39 is 145 Å². The summed E-state index contributed by atoms with van der Waals surface area (Å²) in [5.41, 5.74) is -19.3. The summed E-state index contributed by atoms with van der Waals surface area (Å²) in [4.78, 5) is 0. The van der Waals surface area contributed by atoms with Gasteiger partial charge in [0.15, 0.2) is 16.6 Å². The van der Waals surface area contributed by atoms with E-state index in [1.807, 2.05) is 12.8 Å². The number of rotatable bonds is 16. The monoisotopic (exact) mass is 1170 g/mol. The molecule has 0 saturated heterocycles. The van der Waals surface area contributed by atoms with E-state index in [-0.39, 0.29) is 60.5 Å². The van der Waals surface area contributed by atoms with Crippen molar-refractivity contribution in [2.45, 2.75) is 289 Å². The standard InChI is InChI=1S/C33H58F6O3Si2.C24H36F6O3/c1-27(2,3)44(11,12)41-25-16-13-22-30(7)24(25)17-18-26(30)29(6,20-14-19-28(4,5)42-43(8,9)10)21-15-23-31(40,32(34,35)36)33(37,38)39;1-19(2,32)11-6-12-20(3,13-7-15-22(33,23(25,26)27)24(28,29)30)18-10-9-16-17(31)8-5-14-21(16,18)4/h24-26,40H,13-14,16-22H2,1-12H3;16-18,31-33H,5-6,8-14H2,1-4H3/t24?,25-,26+,29+,30-;16?,17-,18+,20+,21-/m00/s1/i4D3,5D3;1D3,2D3. The number of aliphatic hydroxyl groups excluding tert-OH is 1. The van der Waals surface area contributed by atoms with E-state index >= 15 is 0 Å². The van der Waals surface area contributed by atoms with Crippen LogP contribution in [0.1, 0.15) is 208 Å². The molecular weight excluding hydrogens is 1060 g/mol. The topological polar surface area (TPSA) is 99.4 Å². The lowest BCUT2D eigenvalue weighted by atomic mass is 9.56. The molecule has 4 N–H and O–H groups in total. The third kappa shape index (κ3) is 16.4. The molecule has 2 unspecified atom stereocenters. The van der Waals surface area contributed by atoms with E-state index in [1.165, 1.54) is 0 Å². The summed E-state index contributed by atoms with van der Waals surface area (Å²) in [5, 5.41) is 40.4. The zero-order valence-electron chi connectivity index (χ0n) is 58.8.